The molecule has 0 fully saturated rings. The van der Waals surface area contributed by atoms with Crippen molar-refractivity contribution in [3.63, 3.8) is 0 Å². The van der Waals surface area contributed by atoms with Crippen molar-refractivity contribution >= 4 is 33.3 Å². The van der Waals surface area contributed by atoms with E-state index in [2.05, 4.69) is 15.3 Å². The molecule has 3 rings (SSSR count). The summed E-state index contributed by atoms with van der Waals surface area (Å²) in [6, 6.07) is 7.19. The summed E-state index contributed by atoms with van der Waals surface area (Å²) in [5.74, 6) is 0.478. The summed E-state index contributed by atoms with van der Waals surface area (Å²) in [4.78, 5) is 22.0. The number of carboxylic acid groups (broad SMARTS) is 1. The Labute approximate surface area is 155 Å². The second-order valence-electron chi connectivity index (χ2n) is 5.84. The molecule has 0 spiro atoms. The number of nitrogens with one attached hydrogen (secondary N) is 1. The van der Waals surface area contributed by atoms with Crippen LogP contribution in [-0.4, -0.2) is 33.7 Å². The lowest BCUT2D eigenvalue weighted by Gasteiger charge is -2.14. The third-order valence-electron chi connectivity index (χ3n) is 4.14. The van der Waals surface area contributed by atoms with E-state index in [0.717, 1.165) is 32.0 Å². The molecule has 2 aromatic heterocycles. The molecule has 0 bridgehead atoms. The second kappa shape index (κ2) is 7.70. The number of nitrogens with zero attached hydrogens (tertiary/aromatic N) is 2. The van der Waals surface area contributed by atoms with Gasteiger partial charge in [-0.3, -0.25) is 0 Å². The zero-order chi connectivity index (χ0) is 18.7. The SMILES string of the molecule is CCOc1ccc(-c2c(C)sc3ncnc(NC(CC)C(=O)O)c23)cc1. The number of carbonyl (C=O) groups is 1. The minimum Gasteiger partial charge on any atom is -0.494 e. The minimum absolute atomic E-state index is 0.461. The average Bonchev–Trinajstić information content (AvgIpc) is 2.97. The zero-order valence-corrected chi connectivity index (χ0v) is 15.8. The molecule has 0 saturated carbocycles. The molecule has 0 aliphatic carbocycles. The first kappa shape index (κ1) is 18.1. The molecule has 0 aliphatic heterocycles. The maximum absolute atomic E-state index is 11.4. The van der Waals surface area contributed by atoms with Crippen LogP contribution in [0, 0.1) is 6.92 Å². The first-order valence-electron chi connectivity index (χ1n) is 8.51. The lowest BCUT2D eigenvalue weighted by Crippen LogP contribution is -2.28. The molecule has 26 heavy (non-hydrogen) atoms. The predicted molar refractivity (Wildman–Crippen MR) is 104 cm³/mol. The number of thiophene rings is 1. The van der Waals surface area contributed by atoms with Gasteiger partial charge in [-0.1, -0.05) is 19.1 Å². The quantitative estimate of drug-likeness (QED) is 0.643. The van der Waals surface area contributed by atoms with Crippen molar-refractivity contribution in [3.8, 4) is 16.9 Å². The largest absolute Gasteiger partial charge is 0.494 e. The Bertz CT molecular complexity index is 922. The number of anilines is 1. The van der Waals surface area contributed by atoms with Crippen molar-refractivity contribution in [1.82, 2.24) is 9.97 Å². The molecule has 0 saturated heterocycles. The van der Waals surface area contributed by atoms with E-state index in [4.69, 9.17) is 4.74 Å². The number of carboxylic acids is 1. The van der Waals surface area contributed by atoms with Crippen LogP contribution in [0.15, 0.2) is 30.6 Å². The Kier molecular flexibility index (Phi) is 5.37. The van der Waals surface area contributed by atoms with E-state index in [-0.39, 0.29) is 0 Å². The van der Waals surface area contributed by atoms with Crippen LogP contribution in [0.25, 0.3) is 21.3 Å². The van der Waals surface area contributed by atoms with Crippen molar-refractivity contribution < 1.29 is 14.6 Å². The van der Waals surface area contributed by atoms with Crippen LogP contribution < -0.4 is 10.1 Å². The van der Waals surface area contributed by atoms with Gasteiger partial charge in [-0.15, -0.1) is 11.3 Å². The van der Waals surface area contributed by atoms with Crippen LogP contribution in [0.4, 0.5) is 5.82 Å². The number of hydrogen-bond acceptors (Lipinski definition) is 6. The maximum Gasteiger partial charge on any atom is 0.326 e. The number of benzene rings is 1. The molecule has 1 aromatic carbocycles. The molecule has 7 heteroatoms. The van der Waals surface area contributed by atoms with Crippen molar-refractivity contribution in [3.05, 3.63) is 35.5 Å². The summed E-state index contributed by atoms with van der Waals surface area (Å²) < 4.78 is 5.51. The first-order chi connectivity index (χ1) is 12.5. The summed E-state index contributed by atoms with van der Waals surface area (Å²) in [7, 11) is 0. The van der Waals surface area contributed by atoms with E-state index in [0.29, 0.717) is 18.8 Å². The number of hydrogen-bond donors (Lipinski definition) is 2. The molecule has 3 aromatic rings. The van der Waals surface area contributed by atoms with Gasteiger partial charge < -0.3 is 15.2 Å². The predicted octanol–water partition coefficient (Wildman–Crippen LogP) is 4.34. The van der Waals surface area contributed by atoms with Crippen LogP contribution in [0.2, 0.25) is 0 Å². The Morgan fingerprint density at radius 2 is 2.00 bits per heavy atom. The van der Waals surface area contributed by atoms with Crippen molar-refractivity contribution in [2.45, 2.75) is 33.2 Å². The number of aromatic nitrogens is 2. The highest BCUT2D eigenvalue weighted by Gasteiger charge is 2.21. The molecular formula is C19H21N3O3S. The van der Waals surface area contributed by atoms with Crippen LogP contribution in [-0.2, 0) is 4.79 Å². The van der Waals surface area contributed by atoms with Gasteiger partial charge in [0, 0.05) is 10.4 Å². The van der Waals surface area contributed by atoms with Gasteiger partial charge in [0.05, 0.1) is 12.0 Å². The molecule has 0 aliphatic rings. The van der Waals surface area contributed by atoms with E-state index in [1.807, 2.05) is 45.0 Å². The zero-order valence-electron chi connectivity index (χ0n) is 14.9. The Morgan fingerprint density at radius 3 is 2.62 bits per heavy atom. The van der Waals surface area contributed by atoms with E-state index in [9.17, 15) is 9.90 Å². The monoisotopic (exact) mass is 371 g/mol. The van der Waals surface area contributed by atoms with Crippen LogP contribution >= 0.6 is 11.3 Å². The third kappa shape index (κ3) is 3.48. The number of aryl methyl sites for hydroxylation is 1. The highest BCUT2D eigenvalue weighted by atomic mass is 32.1. The van der Waals surface area contributed by atoms with Gasteiger partial charge in [-0.25, -0.2) is 14.8 Å². The number of ether oxygens (including phenoxy) is 1. The average molecular weight is 371 g/mol. The summed E-state index contributed by atoms with van der Waals surface area (Å²) in [5.41, 5.74) is 2.05. The molecule has 2 heterocycles. The van der Waals surface area contributed by atoms with E-state index >= 15 is 0 Å². The lowest BCUT2D eigenvalue weighted by atomic mass is 10.0. The van der Waals surface area contributed by atoms with Gasteiger partial charge in [0.1, 0.15) is 28.8 Å². The fraction of sp³-hybridized carbons (Fsp3) is 0.316. The fourth-order valence-corrected chi connectivity index (χ4v) is 3.90. The number of fused-ring (bicyclic) bond motifs is 1. The van der Waals surface area contributed by atoms with Gasteiger partial charge in [0.15, 0.2) is 0 Å². The lowest BCUT2D eigenvalue weighted by molar-refractivity contribution is -0.137. The normalized spacial score (nSPS) is 12.1. The Hall–Kier alpha value is -2.67. The van der Waals surface area contributed by atoms with E-state index in [1.165, 1.54) is 6.33 Å². The van der Waals surface area contributed by atoms with Gasteiger partial charge in [0.25, 0.3) is 0 Å². The molecule has 0 amide bonds. The van der Waals surface area contributed by atoms with Gasteiger partial charge in [0.2, 0.25) is 0 Å². The molecule has 1 atom stereocenters. The van der Waals surface area contributed by atoms with Gasteiger partial charge in [-0.2, -0.15) is 0 Å². The van der Waals surface area contributed by atoms with E-state index in [1.54, 1.807) is 11.3 Å². The minimum atomic E-state index is -0.895. The molecule has 0 radical (unpaired) electrons. The van der Waals surface area contributed by atoms with Crippen molar-refractivity contribution in [2.75, 3.05) is 11.9 Å². The fourth-order valence-electron chi connectivity index (χ4n) is 2.89. The van der Waals surface area contributed by atoms with Crippen LogP contribution in [0.3, 0.4) is 0 Å². The summed E-state index contributed by atoms with van der Waals surface area (Å²) >= 11 is 1.58. The number of aliphatic carboxylic acids is 1. The smallest absolute Gasteiger partial charge is 0.326 e. The summed E-state index contributed by atoms with van der Waals surface area (Å²) in [5, 5.41) is 13.3. The van der Waals surface area contributed by atoms with Crippen LogP contribution in [0.5, 0.6) is 5.75 Å². The molecule has 6 nitrogen and oxygen atoms in total. The first-order valence-corrected chi connectivity index (χ1v) is 9.33. The van der Waals surface area contributed by atoms with Gasteiger partial charge >= 0.3 is 5.97 Å². The Morgan fingerprint density at radius 1 is 1.27 bits per heavy atom. The molecular weight excluding hydrogens is 350 g/mol. The summed E-state index contributed by atoms with van der Waals surface area (Å²) in [6.45, 7) is 6.44. The second-order valence-corrected chi connectivity index (χ2v) is 7.04. The standard InChI is InChI=1S/C19H21N3O3S/c1-4-14(19(23)24)22-17-16-15(11(3)26-18(16)21-10-20-17)12-6-8-13(9-7-12)25-5-2/h6-10,14H,4-5H2,1-3H3,(H,23,24)(H,20,21,22). The molecule has 136 valence electrons. The highest BCUT2D eigenvalue weighted by Crippen LogP contribution is 2.40. The van der Waals surface area contributed by atoms with Crippen LogP contribution in [0.1, 0.15) is 25.1 Å². The highest BCUT2D eigenvalue weighted by molar-refractivity contribution is 7.19. The molecule has 1 unspecified atom stereocenters. The van der Waals surface area contributed by atoms with Gasteiger partial charge in [-0.05, 0) is 38.0 Å². The number of rotatable bonds is 7. The topological polar surface area (TPSA) is 84.3 Å². The van der Waals surface area contributed by atoms with Crippen molar-refractivity contribution in [1.29, 1.82) is 0 Å². The van der Waals surface area contributed by atoms with E-state index < -0.39 is 12.0 Å². The summed E-state index contributed by atoms with van der Waals surface area (Å²) in [6.07, 6.45) is 1.93. The third-order valence-corrected chi connectivity index (χ3v) is 5.15. The van der Waals surface area contributed by atoms with Crippen molar-refractivity contribution in [2.24, 2.45) is 0 Å². The molecule has 2 N–H and O–H groups in total. The maximum atomic E-state index is 11.4. The Balaban J connectivity index is 2.10.